The number of hydrogen-bond donors (Lipinski definition) is 1. The highest BCUT2D eigenvalue weighted by molar-refractivity contribution is 9.10. The van der Waals surface area contributed by atoms with Crippen molar-refractivity contribution in [2.24, 2.45) is 0 Å². The Hall–Kier alpha value is -3.52. The minimum atomic E-state index is -0.825. The number of nitrogens with one attached hydrogen (secondary N) is 1. The number of benzene rings is 1. The van der Waals surface area contributed by atoms with Gasteiger partial charge in [0.25, 0.3) is 11.8 Å². The van der Waals surface area contributed by atoms with Crippen LogP contribution < -0.4 is 10.2 Å². The van der Waals surface area contributed by atoms with Gasteiger partial charge in [-0.3, -0.25) is 19.9 Å². The van der Waals surface area contributed by atoms with Gasteiger partial charge in [0.1, 0.15) is 17.1 Å². The number of aryl methyl sites for hydroxylation is 1. The fourth-order valence-electron chi connectivity index (χ4n) is 2.92. The van der Waals surface area contributed by atoms with Crippen LogP contribution in [0, 0.1) is 6.92 Å². The number of pyridine rings is 1. The molecule has 0 unspecified atom stereocenters. The van der Waals surface area contributed by atoms with Gasteiger partial charge in [-0.15, -0.1) is 0 Å². The first-order chi connectivity index (χ1) is 13.9. The van der Waals surface area contributed by atoms with Gasteiger partial charge in [0.2, 0.25) is 0 Å². The van der Waals surface area contributed by atoms with Crippen LogP contribution in [0.25, 0.3) is 17.4 Å². The van der Waals surface area contributed by atoms with E-state index in [0.717, 1.165) is 20.5 Å². The molecule has 1 aliphatic heterocycles. The maximum Gasteiger partial charge on any atom is 0.336 e. The molecule has 29 heavy (non-hydrogen) atoms. The molecular weight excluding hydrogens is 438 g/mol. The maximum atomic E-state index is 12.8. The summed E-state index contributed by atoms with van der Waals surface area (Å²) in [5.41, 5.74) is 1.99. The lowest BCUT2D eigenvalue weighted by molar-refractivity contribution is -0.122. The molecule has 1 saturated heterocycles. The Balaban J connectivity index is 1.68. The molecule has 1 fully saturated rings. The number of nitrogens with zero attached hydrogens (tertiary/aromatic N) is 2. The average molecular weight is 452 g/mol. The Morgan fingerprint density at radius 2 is 1.97 bits per heavy atom. The molecular formula is C21H14BrN3O4. The Morgan fingerprint density at radius 1 is 1.14 bits per heavy atom. The minimum Gasteiger partial charge on any atom is -0.457 e. The SMILES string of the molecule is Cc1ccc(-c2ccc(/C=C3/C(=O)NC(=O)N(c4cccnc4)C3=O)o2)c(Br)c1. The zero-order valence-corrected chi connectivity index (χ0v) is 16.8. The maximum absolute atomic E-state index is 12.8. The third-order valence-corrected chi connectivity index (χ3v) is 4.97. The summed E-state index contributed by atoms with van der Waals surface area (Å²) in [5.74, 6) is -0.644. The quantitative estimate of drug-likeness (QED) is 0.478. The van der Waals surface area contributed by atoms with Gasteiger partial charge in [-0.05, 0) is 55.0 Å². The zero-order valence-electron chi connectivity index (χ0n) is 15.2. The minimum absolute atomic E-state index is 0.211. The topological polar surface area (TPSA) is 92.5 Å². The molecule has 0 atom stereocenters. The smallest absolute Gasteiger partial charge is 0.336 e. The van der Waals surface area contributed by atoms with Crippen molar-refractivity contribution in [3.63, 3.8) is 0 Å². The zero-order chi connectivity index (χ0) is 20.5. The first kappa shape index (κ1) is 18.8. The first-order valence-electron chi connectivity index (χ1n) is 8.62. The molecule has 3 heterocycles. The molecule has 4 rings (SSSR count). The lowest BCUT2D eigenvalue weighted by Gasteiger charge is -2.25. The lowest BCUT2D eigenvalue weighted by atomic mass is 10.1. The Bertz CT molecular complexity index is 1170. The van der Waals surface area contributed by atoms with Crippen LogP contribution in [0.5, 0.6) is 0 Å². The average Bonchev–Trinajstić information content (AvgIpc) is 3.14. The summed E-state index contributed by atoms with van der Waals surface area (Å²) in [4.78, 5) is 42.0. The van der Waals surface area contributed by atoms with Crippen LogP contribution in [0.15, 0.2) is 69.3 Å². The molecule has 1 aliphatic rings. The van der Waals surface area contributed by atoms with E-state index in [1.54, 1.807) is 24.3 Å². The van der Waals surface area contributed by atoms with E-state index in [0.29, 0.717) is 11.5 Å². The Kier molecular flexibility index (Phi) is 4.85. The normalized spacial score (nSPS) is 15.7. The predicted molar refractivity (Wildman–Crippen MR) is 110 cm³/mol. The number of amides is 4. The van der Waals surface area contributed by atoms with E-state index < -0.39 is 17.8 Å². The van der Waals surface area contributed by atoms with E-state index in [9.17, 15) is 14.4 Å². The molecule has 7 nitrogen and oxygen atoms in total. The second-order valence-electron chi connectivity index (χ2n) is 6.35. The van der Waals surface area contributed by atoms with Gasteiger partial charge in [0, 0.05) is 16.2 Å². The summed E-state index contributed by atoms with van der Waals surface area (Å²) in [5, 5.41) is 2.16. The van der Waals surface area contributed by atoms with Crippen molar-refractivity contribution >= 4 is 45.5 Å². The number of anilines is 1. The van der Waals surface area contributed by atoms with Gasteiger partial charge in [0.05, 0.1) is 11.9 Å². The number of aromatic nitrogens is 1. The molecule has 3 aromatic rings. The largest absolute Gasteiger partial charge is 0.457 e. The molecule has 144 valence electrons. The van der Waals surface area contributed by atoms with Crippen LogP contribution in [0.3, 0.4) is 0 Å². The fourth-order valence-corrected chi connectivity index (χ4v) is 3.60. The summed E-state index contributed by atoms with van der Waals surface area (Å²) in [6.45, 7) is 1.98. The van der Waals surface area contributed by atoms with Gasteiger partial charge in [-0.1, -0.05) is 22.0 Å². The van der Waals surface area contributed by atoms with Crippen molar-refractivity contribution in [2.75, 3.05) is 4.90 Å². The third-order valence-electron chi connectivity index (χ3n) is 4.31. The summed E-state index contributed by atoms with van der Waals surface area (Å²) >= 11 is 3.51. The van der Waals surface area contributed by atoms with Crippen LogP contribution >= 0.6 is 15.9 Å². The first-order valence-corrected chi connectivity index (χ1v) is 9.41. The molecule has 0 aliphatic carbocycles. The number of hydrogen-bond acceptors (Lipinski definition) is 5. The van der Waals surface area contributed by atoms with Crippen molar-refractivity contribution in [2.45, 2.75) is 6.92 Å². The van der Waals surface area contributed by atoms with Crippen LogP contribution in [0.4, 0.5) is 10.5 Å². The highest BCUT2D eigenvalue weighted by atomic mass is 79.9. The summed E-state index contributed by atoms with van der Waals surface area (Å²) in [6, 6.07) is 11.6. The molecule has 0 bridgehead atoms. The van der Waals surface area contributed by atoms with Crippen molar-refractivity contribution < 1.29 is 18.8 Å². The van der Waals surface area contributed by atoms with Crippen molar-refractivity contribution in [1.82, 2.24) is 10.3 Å². The number of barbiturate groups is 1. The number of halogens is 1. The third kappa shape index (κ3) is 3.62. The van der Waals surface area contributed by atoms with E-state index in [-0.39, 0.29) is 11.3 Å². The van der Waals surface area contributed by atoms with Gasteiger partial charge >= 0.3 is 6.03 Å². The van der Waals surface area contributed by atoms with Crippen molar-refractivity contribution in [3.8, 4) is 11.3 Å². The molecule has 8 heteroatoms. The van der Waals surface area contributed by atoms with E-state index in [4.69, 9.17) is 4.42 Å². The van der Waals surface area contributed by atoms with Gasteiger partial charge < -0.3 is 4.42 Å². The van der Waals surface area contributed by atoms with Crippen molar-refractivity contribution in [1.29, 1.82) is 0 Å². The molecule has 0 spiro atoms. The second kappa shape index (κ2) is 7.48. The number of imide groups is 2. The lowest BCUT2D eigenvalue weighted by Crippen LogP contribution is -2.54. The standard InChI is InChI=1S/C21H14BrN3O4/c1-12-4-6-15(17(22)9-12)18-7-5-14(29-18)10-16-19(26)24-21(28)25(20(16)27)13-3-2-8-23-11-13/h2-11H,1H3,(H,24,26,28)/b16-10-. The summed E-state index contributed by atoms with van der Waals surface area (Å²) in [6.07, 6.45) is 4.20. The van der Waals surface area contributed by atoms with Crippen LogP contribution in [-0.4, -0.2) is 22.8 Å². The monoisotopic (exact) mass is 451 g/mol. The molecule has 2 aromatic heterocycles. The highest BCUT2D eigenvalue weighted by Crippen LogP contribution is 2.31. The van der Waals surface area contributed by atoms with E-state index in [1.807, 2.05) is 25.1 Å². The molecule has 0 radical (unpaired) electrons. The van der Waals surface area contributed by atoms with E-state index in [2.05, 4.69) is 26.2 Å². The number of urea groups is 1. The Morgan fingerprint density at radius 3 is 2.69 bits per heavy atom. The molecule has 1 N–H and O–H groups in total. The van der Waals surface area contributed by atoms with Crippen LogP contribution in [-0.2, 0) is 9.59 Å². The second-order valence-corrected chi connectivity index (χ2v) is 7.21. The molecule has 0 saturated carbocycles. The number of rotatable bonds is 3. The fraction of sp³-hybridized carbons (Fsp3) is 0.0476. The van der Waals surface area contributed by atoms with E-state index >= 15 is 0 Å². The Labute approximate surface area is 174 Å². The van der Waals surface area contributed by atoms with Crippen LogP contribution in [0.2, 0.25) is 0 Å². The van der Waals surface area contributed by atoms with E-state index in [1.165, 1.54) is 18.5 Å². The molecule has 4 amide bonds. The predicted octanol–water partition coefficient (Wildman–Crippen LogP) is 4.08. The molecule has 1 aromatic carbocycles. The summed E-state index contributed by atoms with van der Waals surface area (Å²) in [7, 11) is 0. The van der Waals surface area contributed by atoms with Crippen molar-refractivity contribution in [3.05, 3.63) is 76.2 Å². The number of carbonyl (C=O) groups is 3. The summed E-state index contributed by atoms with van der Waals surface area (Å²) < 4.78 is 6.67. The van der Waals surface area contributed by atoms with Crippen LogP contribution in [0.1, 0.15) is 11.3 Å². The van der Waals surface area contributed by atoms with Gasteiger partial charge in [-0.25, -0.2) is 9.69 Å². The van der Waals surface area contributed by atoms with Gasteiger partial charge in [0.15, 0.2) is 0 Å². The highest BCUT2D eigenvalue weighted by Gasteiger charge is 2.37. The number of furan rings is 1. The number of carbonyl (C=O) groups excluding carboxylic acids is 3. The van der Waals surface area contributed by atoms with Gasteiger partial charge in [-0.2, -0.15) is 0 Å².